The van der Waals surface area contributed by atoms with Crippen molar-refractivity contribution in [3.05, 3.63) is 12.2 Å². The SMILES string of the molecule is CCCCCCCC/C=C\CCCCCCCCC(O)C(=O)NC(CO)C(O)CCCCCCCCCCCCCCCCC. The van der Waals surface area contributed by atoms with Gasteiger partial charge in [0.25, 0.3) is 0 Å². The van der Waals surface area contributed by atoms with Crippen LogP contribution in [0.5, 0.6) is 0 Å². The average Bonchev–Trinajstić information content (AvgIpc) is 3.04. The first kappa shape index (κ1) is 44.1. The van der Waals surface area contributed by atoms with Crippen molar-refractivity contribution in [3.63, 3.8) is 0 Å². The van der Waals surface area contributed by atoms with Crippen LogP contribution in [0.25, 0.3) is 0 Å². The molecule has 0 radical (unpaired) electrons. The Labute approximate surface area is 280 Å². The summed E-state index contributed by atoms with van der Waals surface area (Å²) in [6.07, 6.45) is 40.5. The number of hydrogen-bond donors (Lipinski definition) is 4. The van der Waals surface area contributed by atoms with E-state index in [1.54, 1.807) is 0 Å². The lowest BCUT2D eigenvalue weighted by molar-refractivity contribution is -0.131. The van der Waals surface area contributed by atoms with E-state index in [0.29, 0.717) is 12.8 Å². The molecule has 0 saturated carbocycles. The second-order valence-corrected chi connectivity index (χ2v) is 13.8. The van der Waals surface area contributed by atoms with Crippen LogP contribution < -0.4 is 5.32 Å². The van der Waals surface area contributed by atoms with Gasteiger partial charge in [-0.1, -0.05) is 187 Å². The molecule has 268 valence electrons. The second kappa shape index (κ2) is 35.9. The van der Waals surface area contributed by atoms with Gasteiger partial charge in [-0.3, -0.25) is 4.79 Å². The molecule has 3 unspecified atom stereocenters. The van der Waals surface area contributed by atoms with Gasteiger partial charge in [-0.15, -0.1) is 0 Å². The van der Waals surface area contributed by atoms with Gasteiger partial charge in [0.05, 0.1) is 18.8 Å². The fourth-order valence-corrected chi connectivity index (χ4v) is 6.18. The number of allylic oxidation sites excluding steroid dienone is 2. The number of aliphatic hydroxyl groups is 3. The van der Waals surface area contributed by atoms with Crippen molar-refractivity contribution in [2.24, 2.45) is 0 Å². The van der Waals surface area contributed by atoms with E-state index in [0.717, 1.165) is 32.1 Å². The quantitative estimate of drug-likeness (QED) is 0.0406. The molecule has 5 nitrogen and oxygen atoms in total. The number of carbonyl (C=O) groups is 1. The highest BCUT2D eigenvalue weighted by molar-refractivity contribution is 5.80. The molecule has 4 N–H and O–H groups in total. The minimum absolute atomic E-state index is 0.313. The van der Waals surface area contributed by atoms with E-state index in [1.165, 1.54) is 154 Å². The Bertz CT molecular complexity index is 625. The first-order valence-electron chi connectivity index (χ1n) is 20.0. The molecular weight excluding hydrogens is 558 g/mol. The lowest BCUT2D eigenvalue weighted by atomic mass is 10.0. The van der Waals surface area contributed by atoms with Crippen LogP contribution in [0, 0.1) is 0 Å². The van der Waals surface area contributed by atoms with Crippen LogP contribution in [0.1, 0.15) is 213 Å². The molecule has 0 aromatic rings. The van der Waals surface area contributed by atoms with Gasteiger partial charge in [-0.2, -0.15) is 0 Å². The van der Waals surface area contributed by atoms with Crippen molar-refractivity contribution in [1.29, 1.82) is 0 Å². The summed E-state index contributed by atoms with van der Waals surface area (Å²) in [6.45, 7) is 4.22. The van der Waals surface area contributed by atoms with Gasteiger partial charge in [0, 0.05) is 0 Å². The predicted molar refractivity (Wildman–Crippen MR) is 195 cm³/mol. The predicted octanol–water partition coefficient (Wildman–Crippen LogP) is 10.9. The maximum absolute atomic E-state index is 12.4. The minimum atomic E-state index is -1.08. The zero-order valence-corrected chi connectivity index (χ0v) is 30.3. The normalized spacial score (nSPS) is 13.8. The van der Waals surface area contributed by atoms with Crippen LogP contribution in [0.15, 0.2) is 12.2 Å². The summed E-state index contributed by atoms with van der Waals surface area (Å²) in [4.78, 5) is 12.4. The third-order valence-corrected chi connectivity index (χ3v) is 9.38. The molecule has 3 atom stereocenters. The van der Waals surface area contributed by atoms with Crippen LogP contribution in [0.3, 0.4) is 0 Å². The topological polar surface area (TPSA) is 89.8 Å². The van der Waals surface area contributed by atoms with Crippen LogP contribution in [0.4, 0.5) is 0 Å². The summed E-state index contributed by atoms with van der Waals surface area (Å²) < 4.78 is 0. The van der Waals surface area contributed by atoms with E-state index in [4.69, 9.17) is 0 Å². The zero-order chi connectivity index (χ0) is 33.1. The van der Waals surface area contributed by atoms with E-state index in [2.05, 4.69) is 31.3 Å². The van der Waals surface area contributed by atoms with Crippen LogP contribution in [-0.2, 0) is 4.79 Å². The van der Waals surface area contributed by atoms with Crippen molar-refractivity contribution in [2.45, 2.75) is 231 Å². The van der Waals surface area contributed by atoms with Gasteiger partial charge >= 0.3 is 0 Å². The Morgan fingerprint density at radius 1 is 0.511 bits per heavy atom. The van der Waals surface area contributed by atoms with E-state index in [1.807, 2.05) is 0 Å². The van der Waals surface area contributed by atoms with E-state index in [9.17, 15) is 20.1 Å². The third-order valence-electron chi connectivity index (χ3n) is 9.38. The molecule has 0 aromatic heterocycles. The molecule has 0 rings (SSSR count). The lowest BCUT2D eigenvalue weighted by Gasteiger charge is -2.23. The highest BCUT2D eigenvalue weighted by Gasteiger charge is 2.23. The highest BCUT2D eigenvalue weighted by atomic mass is 16.3. The molecule has 1 amide bonds. The number of rotatable bonds is 36. The zero-order valence-electron chi connectivity index (χ0n) is 30.3. The van der Waals surface area contributed by atoms with E-state index < -0.39 is 24.2 Å². The number of carbonyl (C=O) groups excluding carboxylic acids is 1. The summed E-state index contributed by atoms with van der Waals surface area (Å²) in [7, 11) is 0. The van der Waals surface area contributed by atoms with Gasteiger partial charge in [0.2, 0.25) is 5.91 Å². The first-order chi connectivity index (χ1) is 22.1. The molecule has 0 bridgehead atoms. The van der Waals surface area contributed by atoms with E-state index >= 15 is 0 Å². The molecule has 45 heavy (non-hydrogen) atoms. The second-order valence-electron chi connectivity index (χ2n) is 13.8. The first-order valence-corrected chi connectivity index (χ1v) is 20.0. The number of nitrogens with one attached hydrogen (secondary N) is 1. The fraction of sp³-hybridized carbons (Fsp3) is 0.925. The van der Waals surface area contributed by atoms with Crippen LogP contribution in [-0.4, -0.2) is 46.1 Å². The highest BCUT2D eigenvalue weighted by Crippen LogP contribution is 2.16. The summed E-state index contributed by atoms with van der Waals surface area (Å²) in [5, 5.41) is 33.2. The molecule has 0 heterocycles. The Hall–Kier alpha value is -0.910. The fourth-order valence-electron chi connectivity index (χ4n) is 6.18. The van der Waals surface area contributed by atoms with Gasteiger partial charge in [-0.05, 0) is 38.5 Å². The molecule has 0 fully saturated rings. The van der Waals surface area contributed by atoms with Crippen molar-refractivity contribution in [1.82, 2.24) is 5.32 Å². The molecule has 0 saturated heterocycles. The minimum Gasteiger partial charge on any atom is -0.394 e. The van der Waals surface area contributed by atoms with Gasteiger partial charge < -0.3 is 20.6 Å². The monoisotopic (exact) mass is 638 g/mol. The number of aliphatic hydroxyl groups excluding tert-OH is 3. The van der Waals surface area contributed by atoms with Crippen LogP contribution >= 0.6 is 0 Å². The largest absolute Gasteiger partial charge is 0.394 e. The Kier molecular flexibility index (Phi) is 35.2. The summed E-state index contributed by atoms with van der Waals surface area (Å²) in [5.41, 5.74) is 0. The standard InChI is InChI=1S/C40H79NO4/c1-3-5-7-9-11-13-15-17-19-21-23-25-27-29-31-33-35-39(44)40(45)41-37(36-42)38(43)34-32-30-28-26-24-22-20-18-16-14-12-10-8-6-4-2/h17,19,37-39,42-44H,3-16,18,20-36H2,1-2H3,(H,41,45)/b19-17-. The van der Waals surface area contributed by atoms with Gasteiger partial charge in [-0.25, -0.2) is 0 Å². The van der Waals surface area contributed by atoms with Crippen molar-refractivity contribution in [3.8, 4) is 0 Å². The average molecular weight is 638 g/mol. The molecule has 0 aromatic carbocycles. The number of unbranched alkanes of at least 4 members (excludes halogenated alkanes) is 26. The summed E-state index contributed by atoms with van der Waals surface area (Å²) >= 11 is 0. The van der Waals surface area contributed by atoms with Gasteiger partial charge in [0.15, 0.2) is 0 Å². The lowest BCUT2D eigenvalue weighted by Crippen LogP contribution is -2.49. The van der Waals surface area contributed by atoms with Gasteiger partial charge in [0.1, 0.15) is 6.10 Å². The third kappa shape index (κ3) is 31.5. The maximum atomic E-state index is 12.4. The Morgan fingerprint density at radius 3 is 1.22 bits per heavy atom. The smallest absolute Gasteiger partial charge is 0.249 e. The van der Waals surface area contributed by atoms with Crippen molar-refractivity contribution < 1.29 is 20.1 Å². The Morgan fingerprint density at radius 2 is 0.844 bits per heavy atom. The molecule has 0 aliphatic carbocycles. The van der Waals surface area contributed by atoms with Crippen molar-refractivity contribution >= 4 is 5.91 Å². The van der Waals surface area contributed by atoms with Crippen LogP contribution in [0.2, 0.25) is 0 Å². The molecule has 0 spiro atoms. The summed E-state index contributed by atoms with van der Waals surface area (Å²) in [6, 6.07) is -0.710. The molecule has 0 aliphatic rings. The molecule has 0 aliphatic heterocycles. The van der Waals surface area contributed by atoms with E-state index in [-0.39, 0.29) is 6.61 Å². The van der Waals surface area contributed by atoms with Crippen molar-refractivity contribution in [2.75, 3.05) is 6.61 Å². The Balaban J connectivity index is 3.66. The number of amides is 1. The maximum Gasteiger partial charge on any atom is 0.249 e. The molecular formula is C40H79NO4. The summed E-state index contributed by atoms with van der Waals surface area (Å²) in [5.74, 6) is -0.475. The molecule has 5 heteroatoms. The number of hydrogen-bond acceptors (Lipinski definition) is 4.